The zero-order valence-corrected chi connectivity index (χ0v) is 16.8. The molecule has 9 nitrogen and oxygen atoms in total. The number of carbonyl (C=O) groups is 2. The highest BCUT2D eigenvalue weighted by molar-refractivity contribution is 7.91. The highest BCUT2D eigenvalue weighted by Crippen LogP contribution is 2.33. The number of benzene rings is 1. The molecule has 1 saturated heterocycles. The number of hydrazone groups is 1. The molecule has 0 bridgehead atoms. The second-order valence-corrected chi connectivity index (χ2v) is 9.05. The number of methoxy groups -OCH3 is 2. The molecule has 3 rings (SSSR count). The van der Waals surface area contributed by atoms with E-state index in [-0.39, 0.29) is 36.0 Å². The molecule has 0 aromatic heterocycles. The minimum absolute atomic E-state index is 0.0311. The van der Waals surface area contributed by atoms with Crippen LogP contribution >= 0.6 is 0 Å². The minimum atomic E-state index is -3.16. The van der Waals surface area contributed by atoms with Crippen molar-refractivity contribution < 1.29 is 27.5 Å². The molecule has 2 aliphatic rings. The largest absolute Gasteiger partial charge is 0.493 e. The predicted molar refractivity (Wildman–Crippen MR) is 103 cm³/mol. The molecule has 2 aliphatic heterocycles. The molecular formula is C18H23N3O6S. The number of nitrogens with zero attached hydrogens (tertiary/aromatic N) is 2. The zero-order valence-electron chi connectivity index (χ0n) is 16.0. The fourth-order valence-corrected chi connectivity index (χ4v) is 4.99. The maximum Gasteiger partial charge on any atom is 0.271 e. The molecule has 1 atom stereocenters. The molecule has 10 heteroatoms. The van der Waals surface area contributed by atoms with E-state index in [0.29, 0.717) is 23.6 Å². The summed E-state index contributed by atoms with van der Waals surface area (Å²) in [6.07, 6.45) is 0.655. The minimum Gasteiger partial charge on any atom is -0.493 e. The number of sulfone groups is 1. The fraction of sp³-hybridized carbons (Fsp3) is 0.500. The third-order valence-corrected chi connectivity index (χ3v) is 6.61. The van der Waals surface area contributed by atoms with Gasteiger partial charge in [-0.3, -0.25) is 9.59 Å². The van der Waals surface area contributed by atoms with Crippen LogP contribution in [-0.4, -0.2) is 62.7 Å². The molecular weight excluding hydrogens is 386 g/mol. The van der Waals surface area contributed by atoms with Crippen LogP contribution in [0.3, 0.4) is 0 Å². The van der Waals surface area contributed by atoms with Crippen molar-refractivity contribution in [2.45, 2.75) is 32.2 Å². The Kier molecular flexibility index (Phi) is 5.59. The van der Waals surface area contributed by atoms with E-state index in [4.69, 9.17) is 9.47 Å². The van der Waals surface area contributed by atoms with Crippen molar-refractivity contribution in [1.29, 1.82) is 0 Å². The quantitative estimate of drug-likeness (QED) is 0.779. The highest BCUT2D eigenvalue weighted by atomic mass is 32.2. The molecule has 0 aliphatic carbocycles. The normalized spacial score (nSPS) is 21.2. The Morgan fingerprint density at radius 3 is 2.50 bits per heavy atom. The lowest BCUT2D eigenvalue weighted by Crippen LogP contribution is -2.42. The molecule has 152 valence electrons. The van der Waals surface area contributed by atoms with Gasteiger partial charge in [-0.1, -0.05) is 0 Å². The van der Waals surface area contributed by atoms with Crippen LogP contribution in [0.4, 0.5) is 5.69 Å². The van der Waals surface area contributed by atoms with Gasteiger partial charge < -0.3 is 14.8 Å². The third kappa shape index (κ3) is 4.11. The zero-order chi connectivity index (χ0) is 20.5. The number of amides is 2. The van der Waals surface area contributed by atoms with Gasteiger partial charge in [0.05, 0.1) is 31.8 Å². The number of ether oxygens (including phenoxy) is 2. The van der Waals surface area contributed by atoms with Gasteiger partial charge in [0, 0.05) is 24.6 Å². The highest BCUT2D eigenvalue weighted by Gasteiger charge is 2.37. The Morgan fingerprint density at radius 2 is 1.89 bits per heavy atom. The number of aryl methyl sites for hydroxylation is 1. The summed E-state index contributed by atoms with van der Waals surface area (Å²) in [6.45, 7) is 1.82. The van der Waals surface area contributed by atoms with Gasteiger partial charge in [-0.25, -0.2) is 13.4 Å². The molecule has 2 heterocycles. The summed E-state index contributed by atoms with van der Waals surface area (Å²) in [6, 6.07) is 2.89. The lowest BCUT2D eigenvalue weighted by atomic mass is 10.1. The molecule has 0 radical (unpaired) electrons. The Morgan fingerprint density at radius 1 is 1.21 bits per heavy atom. The topological polar surface area (TPSA) is 114 Å². The van der Waals surface area contributed by atoms with Crippen LogP contribution in [0.1, 0.15) is 24.8 Å². The maximum absolute atomic E-state index is 12.7. The molecule has 1 aromatic carbocycles. The van der Waals surface area contributed by atoms with Gasteiger partial charge >= 0.3 is 0 Å². The number of nitrogens with one attached hydrogen (secondary N) is 1. The molecule has 0 unspecified atom stereocenters. The van der Waals surface area contributed by atoms with Crippen LogP contribution < -0.4 is 14.8 Å². The maximum atomic E-state index is 12.7. The lowest BCUT2D eigenvalue weighted by molar-refractivity contribution is -0.133. The Hall–Kier alpha value is -2.62. The molecule has 1 N–H and O–H groups in total. The first-order valence-electron chi connectivity index (χ1n) is 8.88. The predicted octanol–water partition coefficient (Wildman–Crippen LogP) is 1.12. The first-order chi connectivity index (χ1) is 13.2. The van der Waals surface area contributed by atoms with E-state index in [0.717, 1.165) is 5.56 Å². The third-order valence-electron chi connectivity index (χ3n) is 4.85. The van der Waals surface area contributed by atoms with Gasteiger partial charge in [-0.2, -0.15) is 5.10 Å². The van der Waals surface area contributed by atoms with Crippen LogP contribution in [0.5, 0.6) is 11.5 Å². The summed E-state index contributed by atoms with van der Waals surface area (Å²) in [5.41, 5.74) is 1.51. The summed E-state index contributed by atoms with van der Waals surface area (Å²) in [5.74, 6) is 0.235. The number of hydrogen-bond donors (Lipinski definition) is 1. The Bertz CT molecular complexity index is 941. The van der Waals surface area contributed by atoms with E-state index >= 15 is 0 Å². The van der Waals surface area contributed by atoms with E-state index in [1.165, 1.54) is 19.2 Å². The monoisotopic (exact) mass is 409 g/mol. The van der Waals surface area contributed by atoms with E-state index in [2.05, 4.69) is 10.4 Å². The summed E-state index contributed by atoms with van der Waals surface area (Å²) in [5, 5.41) is 8.14. The van der Waals surface area contributed by atoms with Crippen LogP contribution in [-0.2, 0) is 19.4 Å². The first kappa shape index (κ1) is 20.1. The molecule has 1 aromatic rings. The number of anilines is 1. The smallest absolute Gasteiger partial charge is 0.271 e. The summed E-state index contributed by atoms with van der Waals surface area (Å²) in [7, 11) is -0.132. The second-order valence-electron chi connectivity index (χ2n) is 6.82. The summed E-state index contributed by atoms with van der Waals surface area (Å²) >= 11 is 0. The van der Waals surface area contributed by atoms with Crippen molar-refractivity contribution in [2.75, 3.05) is 31.0 Å². The fourth-order valence-electron chi connectivity index (χ4n) is 3.30. The Labute approximate surface area is 163 Å². The SMILES string of the molecule is COc1cc(C)c(NC(=O)C2=NN([C@H]3CCS(=O)(=O)C3)C(=O)CC2)cc1OC. The molecule has 1 fully saturated rings. The standard InChI is InChI=1S/C18H23N3O6S/c1-11-8-15(26-2)16(27-3)9-14(11)19-18(23)13-4-5-17(22)21(20-13)12-6-7-28(24,25)10-12/h8-9,12H,4-7,10H2,1-3H3,(H,19,23)/t12-/m0/s1. The van der Waals surface area contributed by atoms with Crippen LogP contribution in [0, 0.1) is 6.92 Å². The average molecular weight is 409 g/mol. The summed E-state index contributed by atoms with van der Waals surface area (Å²) in [4.78, 5) is 24.9. The molecule has 0 saturated carbocycles. The number of hydrogen-bond acceptors (Lipinski definition) is 7. The van der Waals surface area contributed by atoms with Gasteiger partial charge in [0.25, 0.3) is 5.91 Å². The van der Waals surface area contributed by atoms with Crippen LogP contribution in [0.15, 0.2) is 17.2 Å². The number of rotatable bonds is 5. The van der Waals surface area contributed by atoms with E-state index in [1.54, 1.807) is 12.1 Å². The van der Waals surface area contributed by atoms with Crippen molar-refractivity contribution in [1.82, 2.24) is 5.01 Å². The van der Waals surface area contributed by atoms with Crippen molar-refractivity contribution in [3.63, 3.8) is 0 Å². The van der Waals surface area contributed by atoms with Gasteiger partial charge in [0.2, 0.25) is 5.91 Å². The van der Waals surface area contributed by atoms with Gasteiger partial charge in [0.15, 0.2) is 21.3 Å². The molecule has 28 heavy (non-hydrogen) atoms. The average Bonchev–Trinajstić information content (AvgIpc) is 3.02. The van der Waals surface area contributed by atoms with E-state index < -0.39 is 21.8 Å². The van der Waals surface area contributed by atoms with E-state index in [1.807, 2.05) is 6.92 Å². The van der Waals surface area contributed by atoms with Crippen molar-refractivity contribution in [3.05, 3.63) is 17.7 Å². The van der Waals surface area contributed by atoms with Crippen LogP contribution in [0.25, 0.3) is 0 Å². The van der Waals surface area contributed by atoms with Gasteiger partial charge in [-0.15, -0.1) is 0 Å². The molecule has 0 spiro atoms. The van der Waals surface area contributed by atoms with Gasteiger partial charge in [0.1, 0.15) is 5.71 Å². The van der Waals surface area contributed by atoms with Crippen molar-refractivity contribution in [2.24, 2.45) is 5.10 Å². The molecule has 2 amide bonds. The Balaban J connectivity index is 1.80. The summed E-state index contributed by atoms with van der Waals surface area (Å²) < 4.78 is 33.9. The number of carbonyl (C=O) groups excluding carboxylic acids is 2. The second kappa shape index (κ2) is 7.78. The van der Waals surface area contributed by atoms with Gasteiger partial charge in [-0.05, 0) is 25.0 Å². The van der Waals surface area contributed by atoms with Crippen molar-refractivity contribution >= 4 is 33.1 Å². The lowest BCUT2D eigenvalue weighted by Gasteiger charge is -2.27. The van der Waals surface area contributed by atoms with Crippen molar-refractivity contribution in [3.8, 4) is 11.5 Å². The first-order valence-corrected chi connectivity index (χ1v) is 10.7. The van der Waals surface area contributed by atoms with E-state index in [9.17, 15) is 18.0 Å². The van der Waals surface area contributed by atoms with Crippen LogP contribution in [0.2, 0.25) is 0 Å².